The number of nitro groups is 1. The molecule has 0 fully saturated rings. The van der Waals surface area contributed by atoms with Gasteiger partial charge in [0.15, 0.2) is 0 Å². The summed E-state index contributed by atoms with van der Waals surface area (Å²) >= 11 is 12.3. The van der Waals surface area contributed by atoms with Gasteiger partial charge in [-0.2, -0.15) is 5.10 Å². The lowest BCUT2D eigenvalue weighted by Gasteiger charge is -2.07. The molecule has 3 rings (SSSR count). The van der Waals surface area contributed by atoms with E-state index in [-0.39, 0.29) is 11.3 Å². The van der Waals surface area contributed by atoms with Crippen molar-refractivity contribution in [1.82, 2.24) is 9.78 Å². The van der Waals surface area contributed by atoms with Crippen molar-refractivity contribution in [3.63, 3.8) is 0 Å². The van der Waals surface area contributed by atoms with Gasteiger partial charge in [-0.15, -0.1) is 0 Å². The molecule has 0 unspecified atom stereocenters. The lowest BCUT2D eigenvalue weighted by molar-refractivity contribution is -0.385. The summed E-state index contributed by atoms with van der Waals surface area (Å²) in [6, 6.07) is 9.59. The molecule has 0 bridgehead atoms. The number of nitrogens with one attached hydrogen (secondary N) is 1. The van der Waals surface area contributed by atoms with E-state index in [0.29, 0.717) is 27.8 Å². The van der Waals surface area contributed by atoms with Gasteiger partial charge in [0, 0.05) is 39.0 Å². The van der Waals surface area contributed by atoms with Crippen LogP contribution in [0.5, 0.6) is 0 Å². The lowest BCUT2D eigenvalue weighted by atomic mass is 10.1. The van der Waals surface area contributed by atoms with E-state index in [1.807, 2.05) is 0 Å². The van der Waals surface area contributed by atoms with Crippen LogP contribution in [-0.2, 0) is 6.54 Å². The largest absolute Gasteiger partial charge is 0.319 e. The molecule has 0 saturated carbocycles. The second-order valence-corrected chi connectivity index (χ2v) is 6.60. The van der Waals surface area contributed by atoms with Crippen LogP contribution in [-0.4, -0.2) is 20.6 Å². The van der Waals surface area contributed by atoms with Gasteiger partial charge in [0.05, 0.1) is 23.4 Å². The summed E-state index contributed by atoms with van der Waals surface area (Å²) in [6.45, 7) is 1.88. The number of benzene rings is 2. The molecule has 9 heteroatoms. The number of halogens is 2. The molecule has 0 radical (unpaired) electrons. The molecular weight excluding hydrogens is 391 g/mol. The summed E-state index contributed by atoms with van der Waals surface area (Å²) in [5.74, 6) is -0.452. The third-order valence-electron chi connectivity index (χ3n) is 4.02. The van der Waals surface area contributed by atoms with Gasteiger partial charge in [-0.3, -0.25) is 19.6 Å². The Hall–Kier alpha value is -2.90. The number of rotatable bonds is 5. The first-order chi connectivity index (χ1) is 12.9. The molecule has 0 aliphatic rings. The van der Waals surface area contributed by atoms with Crippen LogP contribution in [0.3, 0.4) is 0 Å². The van der Waals surface area contributed by atoms with Crippen molar-refractivity contribution in [2.75, 3.05) is 5.32 Å². The van der Waals surface area contributed by atoms with E-state index in [0.717, 1.165) is 5.56 Å². The van der Waals surface area contributed by atoms with E-state index in [9.17, 15) is 14.9 Å². The van der Waals surface area contributed by atoms with Gasteiger partial charge in [0.2, 0.25) is 0 Å². The number of aromatic nitrogens is 2. The second-order valence-electron chi connectivity index (χ2n) is 5.79. The number of nitrogens with zero attached hydrogens (tertiary/aromatic N) is 3. The van der Waals surface area contributed by atoms with Crippen LogP contribution in [0.15, 0.2) is 48.8 Å². The molecule has 3 aromatic rings. The average molecular weight is 405 g/mol. The number of anilines is 1. The molecular formula is C18H14Cl2N4O3. The van der Waals surface area contributed by atoms with Crippen LogP contribution >= 0.6 is 23.2 Å². The summed E-state index contributed by atoms with van der Waals surface area (Å²) in [7, 11) is 0. The van der Waals surface area contributed by atoms with Crippen LogP contribution in [0.2, 0.25) is 10.0 Å². The Morgan fingerprint density at radius 3 is 2.56 bits per heavy atom. The third-order valence-corrected chi connectivity index (χ3v) is 4.73. The second kappa shape index (κ2) is 7.77. The predicted molar refractivity (Wildman–Crippen MR) is 104 cm³/mol. The summed E-state index contributed by atoms with van der Waals surface area (Å²) < 4.78 is 1.59. The van der Waals surface area contributed by atoms with Crippen LogP contribution in [0.1, 0.15) is 21.5 Å². The number of carbonyl (C=O) groups is 1. The molecule has 0 aliphatic heterocycles. The van der Waals surface area contributed by atoms with Crippen LogP contribution in [0.4, 0.5) is 11.4 Å². The first-order valence-corrected chi connectivity index (χ1v) is 8.63. The fourth-order valence-corrected chi connectivity index (χ4v) is 3.14. The number of amides is 1. The van der Waals surface area contributed by atoms with Crippen molar-refractivity contribution in [1.29, 1.82) is 0 Å². The van der Waals surface area contributed by atoms with Gasteiger partial charge in [-0.25, -0.2) is 0 Å². The SMILES string of the molecule is Cc1c(C(=O)Nc2cnn(Cc3c(Cl)cccc3Cl)c2)cccc1[N+](=O)[O-]. The van der Waals surface area contributed by atoms with Gasteiger partial charge in [0.25, 0.3) is 11.6 Å². The minimum atomic E-state index is -0.516. The van der Waals surface area contributed by atoms with E-state index >= 15 is 0 Å². The first-order valence-electron chi connectivity index (χ1n) is 7.87. The summed E-state index contributed by atoms with van der Waals surface area (Å²) in [5.41, 5.74) is 1.60. The zero-order valence-corrected chi connectivity index (χ0v) is 15.7. The van der Waals surface area contributed by atoms with E-state index < -0.39 is 10.8 Å². The monoisotopic (exact) mass is 404 g/mol. The van der Waals surface area contributed by atoms with Crippen molar-refractivity contribution in [2.45, 2.75) is 13.5 Å². The molecule has 0 spiro atoms. The van der Waals surface area contributed by atoms with E-state index in [1.165, 1.54) is 31.3 Å². The Morgan fingerprint density at radius 1 is 1.22 bits per heavy atom. The maximum absolute atomic E-state index is 12.5. The van der Waals surface area contributed by atoms with Crippen molar-refractivity contribution in [2.24, 2.45) is 0 Å². The number of nitro benzene ring substituents is 1. The number of hydrogen-bond donors (Lipinski definition) is 1. The fraction of sp³-hybridized carbons (Fsp3) is 0.111. The molecule has 1 N–H and O–H groups in total. The topological polar surface area (TPSA) is 90.1 Å². The molecule has 1 heterocycles. The van der Waals surface area contributed by atoms with E-state index in [2.05, 4.69) is 10.4 Å². The minimum Gasteiger partial charge on any atom is -0.319 e. The van der Waals surface area contributed by atoms with Crippen LogP contribution in [0, 0.1) is 17.0 Å². The van der Waals surface area contributed by atoms with Crippen molar-refractivity contribution in [3.8, 4) is 0 Å². The minimum absolute atomic E-state index is 0.105. The molecule has 27 heavy (non-hydrogen) atoms. The molecule has 138 valence electrons. The zero-order chi connectivity index (χ0) is 19.6. The van der Waals surface area contributed by atoms with Gasteiger partial charge in [0.1, 0.15) is 0 Å². The van der Waals surface area contributed by atoms with Gasteiger partial charge < -0.3 is 5.32 Å². The third kappa shape index (κ3) is 4.10. The van der Waals surface area contributed by atoms with Crippen molar-refractivity contribution < 1.29 is 9.72 Å². The molecule has 1 aromatic heterocycles. The highest BCUT2D eigenvalue weighted by Crippen LogP contribution is 2.25. The highest BCUT2D eigenvalue weighted by Gasteiger charge is 2.18. The van der Waals surface area contributed by atoms with Crippen LogP contribution < -0.4 is 5.32 Å². The Kier molecular flexibility index (Phi) is 5.43. The highest BCUT2D eigenvalue weighted by molar-refractivity contribution is 6.35. The maximum Gasteiger partial charge on any atom is 0.273 e. The molecule has 2 aromatic carbocycles. The summed E-state index contributed by atoms with van der Waals surface area (Å²) in [5, 5.41) is 18.9. The smallest absolute Gasteiger partial charge is 0.273 e. The molecule has 0 aliphatic carbocycles. The predicted octanol–water partition coefficient (Wildman–Crippen LogP) is 4.71. The zero-order valence-electron chi connectivity index (χ0n) is 14.1. The first kappa shape index (κ1) is 18.9. The summed E-state index contributed by atoms with van der Waals surface area (Å²) in [4.78, 5) is 23.0. The van der Waals surface area contributed by atoms with E-state index in [4.69, 9.17) is 23.2 Å². The Balaban J connectivity index is 1.77. The molecule has 7 nitrogen and oxygen atoms in total. The molecule has 0 atom stereocenters. The quantitative estimate of drug-likeness (QED) is 0.492. The molecule has 0 saturated heterocycles. The standard InChI is InChI=1S/C18H14Cl2N4O3/c1-11-13(4-2-7-17(11)24(26)27)18(25)22-12-8-21-23(9-12)10-14-15(19)5-3-6-16(14)20/h2-9H,10H2,1H3,(H,22,25). The number of hydrogen-bond acceptors (Lipinski definition) is 4. The Morgan fingerprint density at radius 2 is 1.89 bits per heavy atom. The Bertz CT molecular complexity index is 1010. The van der Waals surface area contributed by atoms with Crippen molar-refractivity contribution in [3.05, 3.63) is 85.6 Å². The normalized spacial score (nSPS) is 10.6. The molecule has 1 amide bonds. The fourth-order valence-electron chi connectivity index (χ4n) is 2.63. The Labute approximate surface area is 164 Å². The van der Waals surface area contributed by atoms with Gasteiger partial charge in [-0.1, -0.05) is 35.3 Å². The number of carbonyl (C=O) groups excluding carboxylic acids is 1. The average Bonchev–Trinajstić information content (AvgIpc) is 3.05. The van der Waals surface area contributed by atoms with Crippen LogP contribution in [0.25, 0.3) is 0 Å². The maximum atomic E-state index is 12.5. The lowest BCUT2D eigenvalue weighted by Crippen LogP contribution is -2.13. The van der Waals surface area contributed by atoms with Crippen molar-refractivity contribution >= 4 is 40.5 Å². The highest BCUT2D eigenvalue weighted by atomic mass is 35.5. The van der Waals surface area contributed by atoms with Gasteiger partial charge in [-0.05, 0) is 25.1 Å². The van der Waals surface area contributed by atoms with Gasteiger partial charge >= 0.3 is 0 Å². The summed E-state index contributed by atoms with van der Waals surface area (Å²) in [6.07, 6.45) is 3.11. The van der Waals surface area contributed by atoms with E-state index in [1.54, 1.807) is 29.1 Å².